The third kappa shape index (κ3) is 5.62. The molecule has 2 heterocycles. The fraction of sp³-hybridized carbons (Fsp3) is 0.458. The number of hydrogen-bond donors (Lipinski definition) is 2. The van der Waals surface area contributed by atoms with E-state index < -0.39 is 0 Å². The molecule has 2 N–H and O–H groups in total. The summed E-state index contributed by atoms with van der Waals surface area (Å²) in [6.45, 7) is 3.27. The number of aromatic nitrogens is 1. The Hall–Kier alpha value is -3.00. The first-order chi connectivity index (χ1) is 15.5. The summed E-state index contributed by atoms with van der Waals surface area (Å²) < 4.78 is 13.4. The molecule has 1 saturated carbocycles. The smallest absolute Gasteiger partial charge is 0.317 e. The lowest BCUT2D eigenvalue weighted by atomic mass is 9.91. The van der Waals surface area contributed by atoms with Gasteiger partial charge in [-0.05, 0) is 57.0 Å². The normalized spacial score (nSPS) is 21.8. The van der Waals surface area contributed by atoms with Crippen LogP contribution in [0.25, 0.3) is 11.3 Å². The van der Waals surface area contributed by atoms with Gasteiger partial charge in [0.25, 0.3) is 5.91 Å². The maximum Gasteiger partial charge on any atom is 0.317 e. The Balaban J connectivity index is 1.29. The average Bonchev–Trinajstić information content (AvgIpc) is 2.80. The Labute approximate surface area is 188 Å². The van der Waals surface area contributed by atoms with Crippen LogP contribution in [0.4, 0.5) is 9.18 Å². The van der Waals surface area contributed by atoms with Crippen molar-refractivity contribution in [3.05, 3.63) is 54.0 Å². The molecule has 7 nitrogen and oxygen atoms in total. The first-order valence-electron chi connectivity index (χ1n) is 11.2. The summed E-state index contributed by atoms with van der Waals surface area (Å²) in [5.74, 6) is -0.503. The van der Waals surface area contributed by atoms with Crippen LogP contribution in [0.1, 0.15) is 36.0 Å². The molecule has 1 aromatic heterocycles. The van der Waals surface area contributed by atoms with Crippen LogP contribution < -0.4 is 10.6 Å². The molecular weight excluding hydrogens is 409 g/mol. The summed E-state index contributed by atoms with van der Waals surface area (Å²) in [6.07, 6.45) is 5.01. The molecule has 1 aliphatic heterocycles. The SMILES string of the molecule is CN1CCN(C(=O)N[C@H]2CCC[C@@H](NC(=O)c3ccc(-c4cccc(F)c4)nc3)C2)CC1. The molecule has 0 bridgehead atoms. The van der Waals surface area contributed by atoms with E-state index >= 15 is 0 Å². The Morgan fingerprint density at radius 2 is 1.78 bits per heavy atom. The predicted molar refractivity (Wildman–Crippen MR) is 121 cm³/mol. The van der Waals surface area contributed by atoms with Crippen LogP contribution in [0.15, 0.2) is 42.6 Å². The lowest BCUT2D eigenvalue weighted by Gasteiger charge is -2.35. The number of nitrogens with one attached hydrogen (secondary N) is 2. The van der Waals surface area contributed by atoms with Crippen LogP contribution in [0.3, 0.4) is 0 Å². The summed E-state index contributed by atoms with van der Waals surface area (Å²) in [4.78, 5) is 33.7. The van der Waals surface area contributed by atoms with Crippen molar-refractivity contribution in [1.82, 2.24) is 25.4 Å². The Morgan fingerprint density at radius 3 is 2.47 bits per heavy atom. The number of rotatable bonds is 4. The van der Waals surface area contributed by atoms with E-state index in [0.29, 0.717) is 16.8 Å². The largest absolute Gasteiger partial charge is 0.349 e. The molecule has 170 valence electrons. The van der Waals surface area contributed by atoms with Gasteiger partial charge in [-0.3, -0.25) is 9.78 Å². The minimum Gasteiger partial charge on any atom is -0.349 e. The van der Waals surface area contributed by atoms with Gasteiger partial charge in [0, 0.05) is 50.0 Å². The second-order valence-corrected chi connectivity index (χ2v) is 8.72. The maximum absolute atomic E-state index is 13.4. The van der Waals surface area contributed by atoms with Crippen molar-refractivity contribution in [2.24, 2.45) is 0 Å². The Bertz CT molecular complexity index is 944. The summed E-state index contributed by atoms with van der Waals surface area (Å²) in [7, 11) is 2.06. The third-order valence-electron chi connectivity index (χ3n) is 6.27. The number of carbonyl (C=O) groups is 2. The van der Waals surface area contributed by atoms with Crippen LogP contribution in [-0.2, 0) is 0 Å². The average molecular weight is 440 g/mol. The third-order valence-corrected chi connectivity index (χ3v) is 6.27. The van der Waals surface area contributed by atoms with Crippen molar-refractivity contribution in [2.45, 2.75) is 37.8 Å². The van der Waals surface area contributed by atoms with Gasteiger partial charge < -0.3 is 20.4 Å². The number of carbonyl (C=O) groups excluding carboxylic acids is 2. The molecule has 1 aliphatic carbocycles. The summed E-state index contributed by atoms with van der Waals surface area (Å²) >= 11 is 0. The molecule has 8 heteroatoms. The van der Waals surface area contributed by atoms with E-state index in [4.69, 9.17) is 0 Å². The molecule has 0 unspecified atom stereocenters. The number of amides is 3. The highest BCUT2D eigenvalue weighted by Crippen LogP contribution is 2.21. The van der Waals surface area contributed by atoms with Crippen LogP contribution in [0.2, 0.25) is 0 Å². The molecule has 1 aromatic carbocycles. The first-order valence-corrected chi connectivity index (χ1v) is 11.2. The van der Waals surface area contributed by atoms with Gasteiger partial charge in [0.2, 0.25) is 0 Å². The molecule has 0 spiro atoms. The zero-order valence-corrected chi connectivity index (χ0v) is 18.4. The number of piperazine rings is 1. The van der Waals surface area contributed by atoms with Crippen molar-refractivity contribution in [1.29, 1.82) is 0 Å². The monoisotopic (exact) mass is 439 g/mol. The van der Waals surface area contributed by atoms with Gasteiger partial charge in [0.05, 0.1) is 11.3 Å². The van der Waals surface area contributed by atoms with Crippen molar-refractivity contribution >= 4 is 11.9 Å². The van der Waals surface area contributed by atoms with E-state index in [1.54, 1.807) is 24.3 Å². The highest BCUT2D eigenvalue weighted by atomic mass is 19.1. The molecule has 4 rings (SSSR count). The minimum atomic E-state index is -0.322. The summed E-state index contributed by atoms with van der Waals surface area (Å²) in [5, 5.41) is 6.23. The summed E-state index contributed by atoms with van der Waals surface area (Å²) in [5.41, 5.74) is 1.75. The van der Waals surface area contributed by atoms with Crippen molar-refractivity contribution in [3.63, 3.8) is 0 Å². The quantitative estimate of drug-likeness (QED) is 0.768. The van der Waals surface area contributed by atoms with Gasteiger partial charge in [0.1, 0.15) is 5.82 Å². The molecule has 2 fully saturated rings. The maximum atomic E-state index is 13.4. The van der Waals surface area contributed by atoms with Crippen molar-refractivity contribution < 1.29 is 14.0 Å². The number of halogens is 1. The van der Waals surface area contributed by atoms with E-state index in [9.17, 15) is 14.0 Å². The molecule has 2 aliphatic rings. The topological polar surface area (TPSA) is 77.6 Å². The van der Waals surface area contributed by atoms with Gasteiger partial charge >= 0.3 is 6.03 Å². The first kappa shape index (κ1) is 22.2. The molecule has 0 radical (unpaired) electrons. The molecule has 3 amide bonds. The van der Waals surface area contributed by atoms with E-state index in [0.717, 1.165) is 51.9 Å². The zero-order valence-electron chi connectivity index (χ0n) is 18.4. The second-order valence-electron chi connectivity index (χ2n) is 8.72. The lowest BCUT2D eigenvalue weighted by Crippen LogP contribution is -2.54. The molecule has 2 atom stereocenters. The highest BCUT2D eigenvalue weighted by molar-refractivity contribution is 5.94. The Morgan fingerprint density at radius 1 is 1.03 bits per heavy atom. The second kappa shape index (κ2) is 10.1. The number of hydrogen-bond acceptors (Lipinski definition) is 4. The number of benzene rings is 1. The molecule has 2 aromatic rings. The minimum absolute atomic E-state index is 0.00721. The van der Waals surface area contributed by atoms with E-state index in [2.05, 4.69) is 27.6 Å². The molecule has 32 heavy (non-hydrogen) atoms. The molecule has 1 saturated heterocycles. The van der Waals surface area contributed by atoms with E-state index in [1.165, 1.54) is 18.3 Å². The fourth-order valence-electron chi connectivity index (χ4n) is 4.34. The summed E-state index contributed by atoms with van der Waals surface area (Å²) in [6, 6.07) is 9.72. The number of pyridine rings is 1. The van der Waals surface area contributed by atoms with Crippen LogP contribution >= 0.6 is 0 Å². The predicted octanol–water partition coefficient (Wildman–Crippen LogP) is 2.89. The fourth-order valence-corrected chi connectivity index (χ4v) is 4.34. The Kier molecular flexibility index (Phi) is 6.99. The highest BCUT2D eigenvalue weighted by Gasteiger charge is 2.27. The van der Waals surface area contributed by atoms with Gasteiger partial charge in [-0.15, -0.1) is 0 Å². The number of likely N-dealkylation sites (N-methyl/N-ethyl adjacent to an activating group) is 1. The van der Waals surface area contributed by atoms with Crippen molar-refractivity contribution in [2.75, 3.05) is 33.2 Å². The standard InChI is InChI=1S/C24H30FN5O2/c1-29-10-12-30(13-11-29)24(32)28-21-7-3-6-20(15-21)27-23(31)18-8-9-22(26-16-18)17-4-2-5-19(25)14-17/h2,4-5,8-9,14,16,20-21H,3,6-7,10-13,15H2,1H3,(H,27,31)(H,28,32)/t20-,21+/m1/s1. The zero-order chi connectivity index (χ0) is 22.5. The van der Waals surface area contributed by atoms with Crippen LogP contribution in [0.5, 0.6) is 0 Å². The van der Waals surface area contributed by atoms with Crippen LogP contribution in [-0.4, -0.2) is 72.0 Å². The van der Waals surface area contributed by atoms with E-state index in [1.807, 2.05) is 4.90 Å². The molecular formula is C24H30FN5O2. The van der Waals surface area contributed by atoms with Gasteiger partial charge in [-0.25, -0.2) is 9.18 Å². The van der Waals surface area contributed by atoms with Crippen molar-refractivity contribution in [3.8, 4) is 11.3 Å². The number of urea groups is 1. The van der Waals surface area contributed by atoms with Gasteiger partial charge in [-0.1, -0.05) is 12.1 Å². The van der Waals surface area contributed by atoms with Crippen LogP contribution in [0, 0.1) is 5.82 Å². The number of nitrogens with zero attached hydrogens (tertiary/aromatic N) is 3. The lowest BCUT2D eigenvalue weighted by molar-refractivity contribution is 0.0922. The van der Waals surface area contributed by atoms with Gasteiger partial charge in [-0.2, -0.15) is 0 Å². The van der Waals surface area contributed by atoms with E-state index in [-0.39, 0.29) is 29.8 Å². The van der Waals surface area contributed by atoms with Gasteiger partial charge in [0.15, 0.2) is 0 Å².